The molecule has 1 fully saturated rings. The van der Waals surface area contributed by atoms with E-state index in [0.717, 1.165) is 21.8 Å². The van der Waals surface area contributed by atoms with Gasteiger partial charge in [0.1, 0.15) is 5.38 Å². The van der Waals surface area contributed by atoms with E-state index in [2.05, 4.69) is 5.43 Å². The van der Waals surface area contributed by atoms with Crippen LogP contribution < -0.4 is 5.43 Å². The van der Waals surface area contributed by atoms with Gasteiger partial charge in [0.25, 0.3) is 11.6 Å². The topological polar surface area (TPSA) is 97.5 Å². The van der Waals surface area contributed by atoms with E-state index in [1.165, 1.54) is 17.1 Å². The second-order valence-electron chi connectivity index (χ2n) is 7.50. The van der Waals surface area contributed by atoms with E-state index in [9.17, 15) is 19.7 Å². The highest BCUT2D eigenvalue weighted by atomic mass is 35.5. The molecule has 1 N–H and O–H groups in total. The largest absolute Gasteiger partial charge is 0.279 e. The number of para-hydroxylation sites is 2. The molecule has 1 amide bonds. The third-order valence-electron chi connectivity index (χ3n) is 5.70. The van der Waals surface area contributed by atoms with Crippen molar-refractivity contribution in [2.75, 3.05) is 6.54 Å². The van der Waals surface area contributed by atoms with Crippen LogP contribution >= 0.6 is 11.6 Å². The number of rotatable bonds is 5. The van der Waals surface area contributed by atoms with Crippen molar-refractivity contribution in [1.82, 2.24) is 15.0 Å². The first-order valence-corrected chi connectivity index (χ1v) is 10.4. The number of carbonyl (C=O) groups is 2. The first-order chi connectivity index (χ1) is 15.5. The second kappa shape index (κ2) is 7.74. The molecular formula is C23H17ClN4O4. The quantitative estimate of drug-likeness (QED) is 0.215. The number of fused-ring (bicyclic) bond motifs is 3. The van der Waals surface area contributed by atoms with Crippen LogP contribution in [0.5, 0.6) is 0 Å². The van der Waals surface area contributed by atoms with Crippen LogP contribution in [0.4, 0.5) is 5.69 Å². The van der Waals surface area contributed by atoms with Crippen LogP contribution in [0.25, 0.3) is 21.8 Å². The van der Waals surface area contributed by atoms with E-state index in [0.29, 0.717) is 5.56 Å². The third-order valence-corrected chi connectivity index (χ3v) is 6.13. The maximum atomic E-state index is 13.2. The van der Waals surface area contributed by atoms with Crippen LogP contribution in [-0.4, -0.2) is 38.2 Å². The number of benzene rings is 3. The number of hydrogen-bond donors (Lipinski definition) is 1. The van der Waals surface area contributed by atoms with Crippen molar-refractivity contribution in [3.05, 3.63) is 88.5 Å². The average molecular weight is 449 g/mol. The maximum Gasteiger partial charge on any atom is 0.269 e. The van der Waals surface area contributed by atoms with Gasteiger partial charge < -0.3 is 0 Å². The molecule has 2 unspecified atom stereocenters. The molecule has 0 spiro atoms. The van der Waals surface area contributed by atoms with Crippen LogP contribution in [0.15, 0.2) is 72.8 Å². The Morgan fingerprint density at radius 2 is 1.53 bits per heavy atom. The summed E-state index contributed by atoms with van der Waals surface area (Å²) in [4.78, 5) is 35.9. The van der Waals surface area contributed by atoms with E-state index in [1.54, 1.807) is 16.7 Å². The Labute approximate surface area is 187 Å². The van der Waals surface area contributed by atoms with Crippen LogP contribution in [-0.2, 0) is 4.79 Å². The van der Waals surface area contributed by atoms with Crippen molar-refractivity contribution in [1.29, 1.82) is 0 Å². The molecule has 0 aliphatic carbocycles. The Bertz CT molecular complexity index is 1330. The van der Waals surface area contributed by atoms with Gasteiger partial charge in [-0.25, -0.2) is 5.43 Å². The predicted molar refractivity (Wildman–Crippen MR) is 120 cm³/mol. The van der Waals surface area contributed by atoms with E-state index < -0.39 is 16.3 Å². The highest BCUT2D eigenvalue weighted by Crippen LogP contribution is 2.37. The molecule has 1 aliphatic rings. The Kier molecular flexibility index (Phi) is 4.88. The lowest BCUT2D eigenvalue weighted by atomic mass is 9.95. The summed E-state index contributed by atoms with van der Waals surface area (Å²) in [5.74, 6) is -0.583. The molecule has 0 radical (unpaired) electrons. The number of carbonyl (C=O) groups excluding carboxylic acids is 2. The third kappa shape index (κ3) is 3.12. The molecule has 1 aromatic heterocycles. The summed E-state index contributed by atoms with van der Waals surface area (Å²) in [5.41, 5.74) is 5.07. The number of halogens is 1. The molecule has 5 rings (SSSR count). The number of alkyl halides is 1. The van der Waals surface area contributed by atoms with Gasteiger partial charge >= 0.3 is 0 Å². The predicted octanol–water partition coefficient (Wildman–Crippen LogP) is 4.04. The summed E-state index contributed by atoms with van der Waals surface area (Å²) >= 11 is 6.21. The number of hydrazine groups is 1. The van der Waals surface area contributed by atoms with E-state index >= 15 is 0 Å². The lowest BCUT2D eigenvalue weighted by Crippen LogP contribution is -2.62. The molecule has 9 heteroatoms. The fourth-order valence-corrected chi connectivity index (χ4v) is 4.53. The molecule has 32 heavy (non-hydrogen) atoms. The minimum atomic E-state index is -0.813. The Hall–Kier alpha value is -3.75. The number of nitrogens with zero attached hydrogens (tertiary/aromatic N) is 3. The number of β-lactam (4-membered cyclic amide) rings is 1. The summed E-state index contributed by atoms with van der Waals surface area (Å²) < 4.78 is 1.64. The van der Waals surface area contributed by atoms with Crippen LogP contribution in [0.3, 0.4) is 0 Å². The van der Waals surface area contributed by atoms with Crippen LogP contribution in [0.2, 0.25) is 0 Å². The molecule has 1 saturated heterocycles. The van der Waals surface area contributed by atoms with E-state index in [4.69, 9.17) is 11.6 Å². The first kappa shape index (κ1) is 20.2. The monoisotopic (exact) mass is 448 g/mol. The smallest absolute Gasteiger partial charge is 0.269 e. The van der Waals surface area contributed by atoms with Crippen molar-refractivity contribution in [2.45, 2.75) is 11.4 Å². The molecule has 160 valence electrons. The Morgan fingerprint density at radius 1 is 0.969 bits per heavy atom. The lowest BCUT2D eigenvalue weighted by Gasteiger charge is -2.44. The highest BCUT2D eigenvalue weighted by molar-refractivity contribution is 6.33. The first-order valence-electron chi connectivity index (χ1n) is 9.94. The summed E-state index contributed by atoms with van der Waals surface area (Å²) in [6.45, 7) is -0.124. The number of aromatic nitrogens is 1. The van der Waals surface area contributed by atoms with Gasteiger partial charge in [0.05, 0.1) is 28.5 Å². The molecule has 2 atom stereocenters. The van der Waals surface area contributed by atoms with Gasteiger partial charge in [0.15, 0.2) is 0 Å². The standard InChI is InChI=1S/C23H17ClN4O4/c24-21-22(14-9-11-15(12-10-14)28(31)32)27(23(21)30)25-13-20(29)26-18-7-3-1-5-16(18)17-6-2-4-8-19(17)26/h1-12,21-22,25H,13H2. The zero-order valence-electron chi connectivity index (χ0n) is 16.6. The Balaban J connectivity index is 1.40. The van der Waals surface area contributed by atoms with Crippen molar-refractivity contribution in [2.24, 2.45) is 0 Å². The number of nitro benzene ring substituents is 1. The fraction of sp³-hybridized carbons (Fsp3) is 0.130. The van der Waals surface area contributed by atoms with Gasteiger partial charge in [-0.3, -0.25) is 29.3 Å². The van der Waals surface area contributed by atoms with Gasteiger partial charge in [0.2, 0.25) is 5.91 Å². The zero-order valence-corrected chi connectivity index (χ0v) is 17.4. The fourth-order valence-electron chi connectivity index (χ4n) is 4.16. The minimum absolute atomic E-state index is 0.0495. The lowest BCUT2D eigenvalue weighted by molar-refractivity contribution is -0.384. The molecule has 0 saturated carbocycles. The Morgan fingerprint density at radius 3 is 2.09 bits per heavy atom. The molecule has 1 aliphatic heterocycles. The summed E-state index contributed by atoms with van der Waals surface area (Å²) in [5, 5.41) is 13.3. The highest BCUT2D eigenvalue weighted by Gasteiger charge is 2.47. The number of non-ortho nitro benzene ring substituents is 1. The van der Waals surface area contributed by atoms with Gasteiger partial charge in [-0.15, -0.1) is 11.6 Å². The zero-order chi connectivity index (χ0) is 22.4. The van der Waals surface area contributed by atoms with Crippen molar-refractivity contribution in [3.8, 4) is 0 Å². The SMILES string of the molecule is O=C1C(Cl)C(c2ccc([N+](=O)[O-])cc2)N1NCC(=O)n1c2ccccc2c2ccccc21. The van der Waals surface area contributed by atoms with Gasteiger partial charge in [-0.1, -0.05) is 48.5 Å². The molecule has 0 bridgehead atoms. The average Bonchev–Trinajstić information content (AvgIpc) is 3.15. The van der Waals surface area contributed by atoms with Crippen molar-refractivity contribution >= 4 is 50.9 Å². The van der Waals surface area contributed by atoms with Crippen molar-refractivity contribution < 1.29 is 14.5 Å². The van der Waals surface area contributed by atoms with Gasteiger partial charge in [-0.2, -0.15) is 0 Å². The van der Waals surface area contributed by atoms with Crippen molar-refractivity contribution in [3.63, 3.8) is 0 Å². The summed E-state index contributed by atoms with van der Waals surface area (Å²) in [7, 11) is 0. The van der Waals surface area contributed by atoms with Crippen LogP contribution in [0, 0.1) is 10.1 Å². The number of nitro groups is 1. The van der Waals surface area contributed by atoms with Gasteiger partial charge in [0, 0.05) is 22.9 Å². The molecule has 8 nitrogen and oxygen atoms in total. The summed E-state index contributed by atoms with van der Waals surface area (Å²) in [6, 6.07) is 20.6. The second-order valence-corrected chi connectivity index (χ2v) is 7.97. The number of amides is 1. The molecule has 2 heterocycles. The molecular weight excluding hydrogens is 432 g/mol. The molecule has 3 aromatic carbocycles. The van der Waals surface area contributed by atoms with E-state index in [1.807, 2.05) is 48.5 Å². The number of hydrogen-bond acceptors (Lipinski definition) is 5. The van der Waals surface area contributed by atoms with Crippen LogP contribution in [0.1, 0.15) is 16.4 Å². The number of nitrogens with one attached hydrogen (secondary N) is 1. The normalized spacial score (nSPS) is 18.2. The van der Waals surface area contributed by atoms with E-state index in [-0.39, 0.29) is 24.0 Å². The maximum absolute atomic E-state index is 13.2. The minimum Gasteiger partial charge on any atom is -0.279 e. The summed E-state index contributed by atoms with van der Waals surface area (Å²) in [6.07, 6.45) is 0. The molecule has 4 aromatic rings. The van der Waals surface area contributed by atoms with Gasteiger partial charge in [-0.05, 0) is 17.7 Å².